The molecule has 0 spiro atoms. The van der Waals surface area contributed by atoms with Crippen LogP contribution in [0.4, 0.5) is 0 Å². The predicted molar refractivity (Wildman–Crippen MR) is 165 cm³/mol. The van der Waals surface area contributed by atoms with Gasteiger partial charge in [0.2, 0.25) is 0 Å². The standard InChI is InChI=1S/C32H62Si2/c1-9-11-13-15-17-19-21-23-25-33(5,6)31-27-30(4)32(28-29(31)3)34(7,8)26-24-22-20-18-16-14-12-10-2/h27-28H,9-26H2,1-8H3. The van der Waals surface area contributed by atoms with Crippen LogP contribution in [-0.4, -0.2) is 16.1 Å². The van der Waals surface area contributed by atoms with Crippen molar-refractivity contribution in [3.8, 4) is 0 Å². The molecule has 198 valence electrons. The van der Waals surface area contributed by atoms with Gasteiger partial charge >= 0.3 is 0 Å². The van der Waals surface area contributed by atoms with Crippen LogP contribution in [0.25, 0.3) is 0 Å². The summed E-state index contributed by atoms with van der Waals surface area (Å²) in [6.45, 7) is 19.9. The van der Waals surface area contributed by atoms with E-state index in [-0.39, 0.29) is 0 Å². The molecule has 0 aliphatic heterocycles. The monoisotopic (exact) mass is 502 g/mol. The lowest BCUT2D eigenvalue weighted by Gasteiger charge is -2.30. The summed E-state index contributed by atoms with van der Waals surface area (Å²) in [6, 6.07) is 8.20. The van der Waals surface area contributed by atoms with Gasteiger partial charge in [-0.05, 0) is 13.8 Å². The van der Waals surface area contributed by atoms with Gasteiger partial charge in [-0.3, -0.25) is 0 Å². The first-order chi connectivity index (χ1) is 16.2. The molecular formula is C32H62Si2. The molecule has 0 nitrogen and oxygen atoms in total. The molecule has 0 bridgehead atoms. The number of rotatable bonds is 20. The summed E-state index contributed by atoms with van der Waals surface area (Å²) in [5.74, 6) is 0. The molecule has 0 aliphatic rings. The van der Waals surface area contributed by atoms with Gasteiger partial charge in [0.15, 0.2) is 0 Å². The largest absolute Gasteiger partial charge is 0.0809 e. The fourth-order valence-electron chi connectivity index (χ4n) is 5.95. The van der Waals surface area contributed by atoms with E-state index < -0.39 is 16.1 Å². The Morgan fingerprint density at radius 1 is 0.441 bits per heavy atom. The lowest BCUT2D eigenvalue weighted by Crippen LogP contribution is -2.48. The zero-order valence-corrected chi connectivity index (χ0v) is 26.9. The van der Waals surface area contributed by atoms with Gasteiger partial charge in [-0.1, -0.05) is 188 Å². The number of unbranched alkanes of at least 4 members (excludes halogenated alkanes) is 14. The number of hydrogen-bond donors (Lipinski definition) is 0. The number of aryl methyl sites for hydroxylation is 2. The predicted octanol–water partition coefficient (Wildman–Crippen LogP) is 10.4. The topological polar surface area (TPSA) is 0 Å². The summed E-state index contributed by atoms with van der Waals surface area (Å²) in [6.07, 6.45) is 22.9. The van der Waals surface area contributed by atoms with Gasteiger partial charge in [-0.15, -0.1) is 0 Å². The number of benzene rings is 1. The second kappa shape index (κ2) is 17.2. The summed E-state index contributed by atoms with van der Waals surface area (Å²) < 4.78 is 0. The minimum Gasteiger partial charge on any atom is -0.0654 e. The molecule has 0 aromatic heterocycles. The van der Waals surface area contributed by atoms with E-state index in [0.717, 1.165) is 0 Å². The lowest BCUT2D eigenvalue weighted by atomic mass is 10.1. The molecule has 34 heavy (non-hydrogen) atoms. The first kappa shape index (κ1) is 31.7. The smallest absolute Gasteiger partial charge is 0.0654 e. The maximum Gasteiger partial charge on any atom is 0.0809 e. The highest BCUT2D eigenvalue weighted by Crippen LogP contribution is 2.22. The van der Waals surface area contributed by atoms with Crippen molar-refractivity contribution in [3.63, 3.8) is 0 Å². The van der Waals surface area contributed by atoms with E-state index in [1.54, 1.807) is 21.5 Å². The summed E-state index contributed by atoms with van der Waals surface area (Å²) >= 11 is 0. The molecule has 0 amide bonds. The van der Waals surface area contributed by atoms with Gasteiger partial charge in [-0.2, -0.15) is 0 Å². The Labute approximate surface area is 218 Å². The van der Waals surface area contributed by atoms with Crippen LogP contribution in [0.3, 0.4) is 0 Å². The Bertz CT molecular complexity index is 601. The normalized spacial score (nSPS) is 12.5. The van der Waals surface area contributed by atoms with Gasteiger partial charge < -0.3 is 0 Å². The van der Waals surface area contributed by atoms with Crippen molar-refractivity contribution >= 4 is 26.5 Å². The molecule has 0 fully saturated rings. The zero-order chi connectivity index (χ0) is 25.5. The van der Waals surface area contributed by atoms with E-state index in [1.807, 2.05) is 0 Å². The van der Waals surface area contributed by atoms with Gasteiger partial charge in [-0.25, -0.2) is 0 Å². The minimum absolute atomic E-state index is 1.35. The van der Waals surface area contributed by atoms with Crippen LogP contribution in [0.1, 0.15) is 128 Å². The van der Waals surface area contributed by atoms with Crippen LogP contribution < -0.4 is 10.4 Å². The molecular weight excluding hydrogens is 441 g/mol. The second-order valence-corrected chi connectivity index (χ2v) is 22.3. The Kier molecular flexibility index (Phi) is 16.0. The third kappa shape index (κ3) is 12.1. The maximum absolute atomic E-state index is 2.64. The molecule has 0 atom stereocenters. The third-order valence-electron chi connectivity index (χ3n) is 8.34. The highest BCUT2D eigenvalue weighted by atomic mass is 28.3. The third-order valence-corrected chi connectivity index (χ3v) is 15.5. The molecule has 1 aromatic rings. The average Bonchev–Trinajstić information content (AvgIpc) is 2.78. The molecule has 0 N–H and O–H groups in total. The summed E-state index contributed by atoms with van der Waals surface area (Å²) in [7, 11) is -2.71. The Balaban J connectivity index is 2.56. The number of hydrogen-bond acceptors (Lipinski definition) is 0. The molecule has 0 unspecified atom stereocenters. The zero-order valence-electron chi connectivity index (χ0n) is 24.9. The van der Waals surface area contributed by atoms with E-state index in [9.17, 15) is 0 Å². The van der Waals surface area contributed by atoms with Crippen molar-refractivity contribution in [2.45, 2.75) is 169 Å². The van der Waals surface area contributed by atoms with Gasteiger partial charge in [0.25, 0.3) is 0 Å². The SMILES string of the molecule is CCCCCCCCCC[Si](C)(C)c1cc(C)c([Si](C)(C)CCCCCCCCCC)cc1C. The fraction of sp³-hybridized carbons (Fsp3) is 0.812. The van der Waals surface area contributed by atoms with Crippen molar-refractivity contribution in [3.05, 3.63) is 23.3 Å². The van der Waals surface area contributed by atoms with Crippen LogP contribution in [0, 0.1) is 13.8 Å². The fourth-order valence-corrected chi connectivity index (χ4v) is 12.2. The first-order valence-electron chi connectivity index (χ1n) is 15.3. The second-order valence-electron chi connectivity index (χ2n) is 12.7. The minimum atomic E-state index is -1.35. The Morgan fingerprint density at radius 2 is 0.706 bits per heavy atom. The van der Waals surface area contributed by atoms with E-state index in [0.29, 0.717) is 0 Å². The molecule has 0 saturated carbocycles. The van der Waals surface area contributed by atoms with Gasteiger partial charge in [0, 0.05) is 0 Å². The van der Waals surface area contributed by atoms with E-state index in [2.05, 4.69) is 66.0 Å². The molecule has 2 heteroatoms. The molecule has 1 rings (SSSR count). The highest BCUT2D eigenvalue weighted by molar-refractivity contribution is 6.91. The maximum atomic E-state index is 2.64. The molecule has 1 aromatic carbocycles. The highest BCUT2D eigenvalue weighted by Gasteiger charge is 2.29. The van der Waals surface area contributed by atoms with Crippen molar-refractivity contribution in [1.82, 2.24) is 0 Å². The quantitative estimate of drug-likeness (QED) is 0.123. The van der Waals surface area contributed by atoms with Crippen LogP contribution >= 0.6 is 0 Å². The lowest BCUT2D eigenvalue weighted by molar-refractivity contribution is 0.584. The Morgan fingerprint density at radius 3 is 1.00 bits per heavy atom. The van der Waals surface area contributed by atoms with Gasteiger partial charge in [0.1, 0.15) is 0 Å². The van der Waals surface area contributed by atoms with E-state index in [4.69, 9.17) is 0 Å². The molecule has 0 heterocycles. The average molecular weight is 503 g/mol. The van der Waals surface area contributed by atoms with Crippen molar-refractivity contribution < 1.29 is 0 Å². The van der Waals surface area contributed by atoms with E-state index >= 15 is 0 Å². The van der Waals surface area contributed by atoms with Crippen molar-refractivity contribution in [2.75, 3.05) is 0 Å². The molecule has 0 radical (unpaired) electrons. The van der Waals surface area contributed by atoms with Crippen molar-refractivity contribution in [2.24, 2.45) is 0 Å². The van der Waals surface area contributed by atoms with Gasteiger partial charge in [0.05, 0.1) is 16.1 Å². The first-order valence-corrected chi connectivity index (χ1v) is 21.7. The molecule has 0 aliphatic carbocycles. The van der Waals surface area contributed by atoms with Crippen LogP contribution in [0.2, 0.25) is 38.3 Å². The van der Waals surface area contributed by atoms with Crippen LogP contribution in [0.15, 0.2) is 12.1 Å². The van der Waals surface area contributed by atoms with Crippen molar-refractivity contribution in [1.29, 1.82) is 0 Å². The molecule has 0 saturated heterocycles. The Hall–Kier alpha value is -0.346. The summed E-state index contributed by atoms with van der Waals surface area (Å²) in [4.78, 5) is 0. The van der Waals surface area contributed by atoms with Crippen LogP contribution in [-0.2, 0) is 0 Å². The summed E-state index contributed by atoms with van der Waals surface area (Å²) in [5.41, 5.74) is 3.21. The van der Waals surface area contributed by atoms with Crippen LogP contribution in [0.5, 0.6) is 0 Å². The summed E-state index contributed by atoms with van der Waals surface area (Å²) in [5, 5.41) is 3.49. The van der Waals surface area contributed by atoms with E-state index in [1.165, 1.54) is 115 Å².